The molecule has 0 radical (unpaired) electrons. The third-order valence-corrected chi connectivity index (χ3v) is 2.91. The van der Waals surface area contributed by atoms with E-state index in [1.165, 1.54) is 38.6 Å². The zero-order chi connectivity index (χ0) is 12.2. The maximum absolute atomic E-state index is 3.59. The molecule has 0 unspecified atom stereocenters. The van der Waals surface area contributed by atoms with Crippen LogP contribution < -0.4 is 10.6 Å². The van der Waals surface area contributed by atoms with Crippen molar-refractivity contribution in [1.82, 2.24) is 10.6 Å². The van der Waals surface area contributed by atoms with Crippen LogP contribution in [0.2, 0.25) is 0 Å². The lowest BCUT2D eigenvalue weighted by molar-refractivity contribution is 0.407. The predicted octanol–water partition coefficient (Wildman–Crippen LogP) is 3.18. The van der Waals surface area contributed by atoms with Crippen LogP contribution in [-0.2, 0) is 0 Å². The van der Waals surface area contributed by atoms with Gasteiger partial charge in [-0.1, -0.05) is 40.5 Å². The maximum atomic E-state index is 3.59. The Bertz CT molecular complexity index is 129. The summed E-state index contributed by atoms with van der Waals surface area (Å²) in [5.41, 5.74) is 0. The largest absolute Gasteiger partial charge is 0.316 e. The third kappa shape index (κ3) is 10.4. The van der Waals surface area contributed by atoms with Crippen molar-refractivity contribution in [3.05, 3.63) is 0 Å². The van der Waals surface area contributed by atoms with Crippen molar-refractivity contribution in [3.63, 3.8) is 0 Å². The molecular formula is C14H32N2. The molecule has 0 aromatic carbocycles. The van der Waals surface area contributed by atoms with Crippen LogP contribution in [0.5, 0.6) is 0 Å². The molecule has 16 heavy (non-hydrogen) atoms. The minimum atomic E-state index is 0.618. The Hall–Kier alpha value is -0.0800. The molecule has 2 N–H and O–H groups in total. The molecule has 0 amide bonds. The monoisotopic (exact) mass is 228 g/mol. The van der Waals surface area contributed by atoms with E-state index in [2.05, 4.69) is 38.3 Å². The third-order valence-electron chi connectivity index (χ3n) is 2.91. The fourth-order valence-electron chi connectivity index (χ4n) is 2.08. The van der Waals surface area contributed by atoms with E-state index in [-0.39, 0.29) is 0 Å². The molecule has 0 aliphatic rings. The van der Waals surface area contributed by atoms with Crippen molar-refractivity contribution in [3.8, 4) is 0 Å². The van der Waals surface area contributed by atoms with E-state index in [1.807, 2.05) is 0 Å². The Kier molecular flexibility index (Phi) is 11.3. The molecule has 0 aromatic rings. The van der Waals surface area contributed by atoms with E-state index in [0.29, 0.717) is 6.04 Å². The summed E-state index contributed by atoms with van der Waals surface area (Å²) in [6, 6.07) is 0.618. The van der Waals surface area contributed by atoms with Crippen LogP contribution in [0.1, 0.15) is 59.8 Å². The van der Waals surface area contributed by atoms with E-state index in [9.17, 15) is 0 Å². The molecule has 0 atom stereocenters. The van der Waals surface area contributed by atoms with Gasteiger partial charge in [-0.2, -0.15) is 0 Å². The van der Waals surface area contributed by atoms with Gasteiger partial charge in [-0.05, 0) is 44.8 Å². The summed E-state index contributed by atoms with van der Waals surface area (Å²) in [7, 11) is 0. The molecule has 0 aliphatic carbocycles. The first kappa shape index (κ1) is 15.9. The highest BCUT2D eigenvalue weighted by molar-refractivity contribution is 4.62. The van der Waals surface area contributed by atoms with Crippen LogP contribution >= 0.6 is 0 Å². The molecule has 0 fully saturated rings. The van der Waals surface area contributed by atoms with E-state index in [4.69, 9.17) is 0 Å². The van der Waals surface area contributed by atoms with Crippen LogP contribution in [0.25, 0.3) is 0 Å². The first-order chi connectivity index (χ1) is 7.70. The molecule has 0 saturated heterocycles. The van der Waals surface area contributed by atoms with Gasteiger partial charge in [-0.3, -0.25) is 0 Å². The zero-order valence-corrected chi connectivity index (χ0v) is 11.8. The van der Waals surface area contributed by atoms with Gasteiger partial charge < -0.3 is 10.6 Å². The van der Waals surface area contributed by atoms with Gasteiger partial charge in [-0.25, -0.2) is 0 Å². The molecule has 0 bridgehead atoms. The van der Waals surface area contributed by atoms with Crippen LogP contribution in [0.15, 0.2) is 0 Å². The van der Waals surface area contributed by atoms with Crippen LogP contribution in [0, 0.1) is 5.92 Å². The quantitative estimate of drug-likeness (QED) is 0.531. The fourth-order valence-corrected chi connectivity index (χ4v) is 2.08. The van der Waals surface area contributed by atoms with Gasteiger partial charge >= 0.3 is 0 Å². The van der Waals surface area contributed by atoms with Gasteiger partial charge in [0.25, 0.3) is 0 Å². The molecule has 0 spiro atoms. The smallest absolute Gasteiger partial charge is 0.00103 e. The minimum absolute atomic E-state index is 0.618. The van der Waals surface area contributed by atoms with Crippen LogP contribution in [0.3, 0.4) is 0 Å². The van der Waals surface area contributed by atoms with E-state index in [0.717, 1.165) is 19.0 Å². The Morgan fingerprint density at radius 1 is 0.938 bits per heavy atom. The lowest BCUT2D eigenvalue weighted by Crippen LogP contribution is -2.29. The molecule has 0 saturated carbocycles. The van der Waals surface area contributed by atoms with Crippen LogP contribution in [0.4, 0.5) is 0 Å². The van der Waals surface area contributed by atoms with Gasteiger partial charge in [0, 0.05) is 6.04 Å². The first-order valence-electron chi connectivity index (χ1n) is 7.14. The maximum Gasteiger partial charge on any atom is 0.00103 e. The zero-order valence-electron chi connectivity index (χ0n) is 11.8. The minimum Gasteiger partial charge on any atom is -0.316 e. The Morgan fingerprint density at radius 2 is 1.56 bits per heavy atom. The van der Waals surface area contributed by atoms with Crippen molar-refractivity contribution in [2.75, 3.05) is 19.6 Å². The van der Waals surface area contributed by atoms with Gasteiger partial charge in [0.05, 0.1) is 0 Å². The molecule has 0 rings (SSSR count). The summed E-state index contributed by atoms with van der Waals surface area (Å²) in [4.78, 5) is 0. The van der Waals surface area contributed by atoms with Crippen molar-refractivity contribution >= 4 is 0 Å². The molecule has 2 nitrogen and oxygen atoms in total. The molecule has 98 valence electrons. The summed E-state index contributed by atoms with van der Waals surface area (Å²) in [5, 5.41) is 7.03. The summed E-state index contributed by atoms with van der Waals surface area (Å²) >= 11 is 0. The first-order valence-corrected chi connectivity index (χ1v) is 7.14. The molecular weight excluding hydrogens is 196 g/mol. The van der Waals surface area contributed by atoms with Crippen molar-refractivity contribution in [2.24, 2.45) is 5.92 Å². The second kappa shape index (κ2) is 11.4. The topological polar surface area (TPSA) is 24.1 Å². The van der Waals surface area contributed by atoms with Crippen molar-refractivity contribution in [1.29, 1.82) is 0 Å². The second-order valence-electron chi connectivity index (χ2n) is 5.11. The normalized spacial score (nSPS) is 11.6. The standard InChI is InChI=1S/C14H32N2/c1-5-8-14(9-6-2)12-15-10-7-11-16-13(3)4/h13-16H,5-12H2,1-4H3. The molecule has 0 aliphatic heterocycles. The van der Waals surface area contributed by atoms with Gasteiger partial charge in [0.2, 0.25) is 0 Å². The Labute approximate surface area is 103 Å². The number of hydrogen-bond acceptors (Lipinski definition) is 2. The van der Waals surface area contributed by atoms with E-state index >= 15 is 0 Å². The van der Waals surface area contributed by atoms with Crippen LogP contribution in [-0.4, -0.2) is 25.7 Å². The molecule has 0 aromatic heterocycles. The average molecular weight is 228 g/mol. The highest BCUT2D eigenvalue weighted by Crippen LogP contribution is 2.11. The second-order valence-corrected chi connectivity index (χ2v) is 5.11. The lowest BCUT2D eigenvalue weighted by Gasteiger charge is -2.16. The summed E-state index contributed by atoms with van der Waals surface area (Å²) in [5.74, 6) is 0.896. The van der Waals surface area contributed by atoms with Gasteiger partial charge in [-0.15, -0.1) is 0 Å². The highest BCUT2D eigenvalue weighted by atomic mass is 14.9. The van der Waals surface area contributed by atoms with E-state index < -0.39 is 0 Å². The Morgan fingerprint density at radius 3 is 2.06 bits per heavy atom. The SMILES string of the molecule is CCCC(CCC)CNCCCNC(C)C. The average Bonchev–Trinajstić information content (AvgIpc) is 2.23. The van der Waals surface area contributed by atoms with Crippen molar-refractivity contribution < 1.29 is 0 Å². The summed E-state index contributed by atoms with van der Waals surface area (Å²) in [6.45, 7) is 12.5. The Balaban J connectivity index is 3.32. The fraction of sp³-hybridized carbons (Fsp3) is 1.00. The molecule has 0 heterocycles. The lowest BCUT2D eigenvalue weighted by atomic mass is 9.98. The predicted molar refractivity (Wildman–Crippen MR) is 73.9 cm³/mol. The number of nitrogens with one attached hydrogen (secondary N) is 2. The van der Waals surface area contributed by atoms with Gasteiger partial charge in [0.15, 0.2) is 0 Å². The summed E-state index contributed by atoms with van der Waals surface area (Å²) in [6.07, 6.45) is 6.64. The number of hydrogen-bond donors (Lipinski definition) is 2. The highest BCUT2D eigenvalue weighted by Gasteiger charge is 2.05. The van der Waals surface area contributed by atoms with Crippen molar-refractivity contribution in [2.45, 2.75) is 65.8 Å². The van der Waals surface area contributed by atoms with E-state index in [1.54, 1.807) is 0 Å². The summed E-state index contributed by atoms with van der Waals surface area (Å²) < 4.78 is 0. The van der Waals surface area contributed by atoms with Gasteiger partial charge in [0.1, 0.15) is 0 Å². The molecule has 2 heteroatoms. The number of rotatable bonds is 11.